The van der Waals surface area contributed by atoms with Crippen molar-refractivity contribution >= 4 is 0 Å². The Morgan fingerprint density at radius 1 is 0.652 bits per heavy atom. The number of nitrogens with one attached hydrogen (secondary N) is 1. The van der Waals surface area contributed by atoms with Crippen LogP contribution in [0.3, 0.4) is 0 Å². The molecule has 0 aliphatic rings. The fourth-order valence-corrected chi connectivity index (χ4v) is 2.97. The largest absolute Gasteiger partial charge is 0.390 e. The average molecular weight is 325 g/mol. The van der Waals surface area contributed by atoms with Crippen LogP contribution in [-0.4, -0.2) is 13.1 Å². The highest BCUT2D eigenvalue weighted by molar-refractivity contribution is 4.79. The molecule has 0 aromatic heterocycles. The number of unbranched alkanes of at least 4 members (excludes halogenated alkanes) is 15. The Morgan fingerprint density at radius 3 is 1.52 bits per heavy atom. The Balaban J connectivity index is 2.98. The van der Waals surface area contributed by atoms with Crippen LogP contribution in [0.15, 0.2) is 12.3 Å². The van der Waals surface area contributed by atoms with Gasteiger partial charge in [0.15, 0.2) is 0 Å². The maximum Gasteiger partial charge on any atom is 0.0264 e. The van der Waals surface area contributed by atoms with E-state index in [2.05, 4.69) is 24.5 Å². The zero-order valence-electron chi connectivity index (χ0n) is 16.0. The molecule has 0 unspecified atom stereocenters. The highest BCUT2D eigenvalue weighted by atomic mass is 14.8. The molecule has 138 valence electrons. The molecule has 23 heavy (non-hydrogen) atoms. The Morgan fingerprint density at radius 2 is 1.09 bits per heavy atom. The predicted octanol–water partition coefficient (Wildman–Crippen LogP) is 6.31. The molecular weight excluding hydrogens is 280 g/mol. The fourth-order valence-electron chi connectivity index (χ4n) is 2.97. The van der Waals surface area contributed by atoms with Crippen molar-refractivity contribution in [1.82, 2.24) is 5.32 Å². The van der Waals surface area contributed by atoms with E-state index in [9.17, 15) is 0 Å². The molecule has 0 aromatic carbocycles. The van der Waals surface area contributed by atoms with Gasteiger partial charge in [0.05, 0.1) is 0 Å². The van der Waals surface area contributed by atoms with E-state index < -0.39 is 0 Å². The van der Waals surface area contributed by atoms with Gasteiger partial charge in [0.1, 0.15) is 0 Å². The Kier molecular flexibility index (Phi) is 21.0. The Labute approximate surface area is 146 Å². The van der Waals surface area contributed by atoms with Gasteiger partial charge in [0.2, 0.25) is 0 Å². The van der Waals surface area contributed by atoms with Crippen LogP contribution in [0.2, 0.25) is 0 Å². The van der Waals surface area contributed by atoms with Crippen LogP contribution in [0, 0.1) is 0 Å². The van der Waals surface area contributed by atoms with E-state index >= 15 is 0 Å². The van der Waals surface area contributed by atoms with Crippen LogP contribution < -0.4 is 11.1 Å². The van der Waals surface area contributed by atoms with Crippen LogP contribution in [0.4, 0.5) is 0 Å². The van der Waals surface area contributed by atoms with E-state index in [0.29, 0.717) is 6.54 Å². The number of hydrogen-bond acceptors (Lipinski definition) is 2. The molecule has 0 atom stereocenters. The van der Waals surface area contributed by atoms with Crippen LogP contribution in [-0.2, 0) is 0 Å². The third-order valence-corrected chi connectivity index (χ3v) is 4.50. The lowest BCUT2D eigenvalue weighted by Crippen LogP contribution is -2.16. The summed E-state index contributed by atoms with van der Waals surface area (Å²) in [5.74, 6) is 0. The quantitative estimate of drug-likeness (QED) is 0.273. The second kappa shape index (κ2) is 21.5. The van der Waals surface area contributed by atoms with Crippen LogP contribution in [0.5, 0.6) is 0 Å². The van der Waals surface area contributed by atoms with E-state index in [1.165, 1.54) is 103 Å². The van der Waals surface area contributed by atoms with Gasteiger partial charge in [-0.05, 0) is 19.0 Å². The molecule has 0 aliphatic carbocycles. The molecule has 0 aromatic rings. The maximum atomic E-state index is 5.41. The van der Waals surface area contributed by atoms with Crippen LogP contribution in [0.1, 0.15) is 110 Å². The number of nitrogens with two attached hydrogens (primary N) is 1. The molecule has 3 N–H and O–H groups in total. The van der Waals surface area contributed by atoms with Gasteiger partial charge in [-0.25, -0.2) is 0 Å². The standard InChI is InChI=1S/C21H44N2/c1-2-3-4-5-6-7-8-9-10-11-12-13-14-15-16-17-18-20-23-21-19-22/h18,20,23H,2-17,19,21-22H2,1H3. The highest BCUT2D eigenvalue weighted by Gasteiger charge is 1.94. The highest BCUT2D eigenvalue weighted by Crippen LogP contribution is 2.13. The first-order valence-corrected chi connectivity index (χ1v) is 10.5. The number of hydrogen-bond donors (Lipinski definition) is 2. The summed E-state index contributed by atoms with van der Waals surface area (Å²) < 4.78 is 0. The third-order valence-electron chi connectivity index (χ3n) is 4.50. The van der Waals surface area contributed by atoms with Gasteiger partial charge >= 0.3 is 0 Å². The van der Waals surface area contributed by atoms with Crippen molar-refractivity contribution in [3.63, 3.8) is 0 Å². The lowest BCUT2D eigenvalue weighted by molar-refractivity contribution is 0.533. The topological polar surface area (TPSA) is 38.0 Å². The summed E-state index contributed by atoms with van der Waals surface area (Å²) in [6.45, 7) is 3.89. The molecule has 2 nitrogen and oxygen atoms in total. The minimum atomic E-state index is 0.712. The fraction of sp³-hybridized carbons (Fsp3) is 0.905. The molecule has 0 bridgehead atoms. The molecule has 0 saturated carbocycles. The van der Waals surface area contributed by atoms with E-state index in [1.54, 1.807) is 0 Å². The van der Waals surface area contributed by atoms with Crippen LogP contribution >= 0.6 is 0 Å². The van der Waals surface area contributed by atoms with Crippen molar-refractivity contribution in [2.24, 2.45) is 5.73 Å². The maximum absolute atomic E-state index is 5.41. The van der Waals surface area contributed by atoms with Gasteiger partial charge in [-0.3, -0.25) is 0 Å². The minimum Gasteiger partial charge on any atom is -0.390 e. The lowest BCUT2D eigenvalue weighted by atomic mass is 10.0. The SMILES string of the molecule is CCCCCCCCCCCCCCCCCC=CNCCN. The Bertz CT molecular complexity index is 226. The zero-order chi connectivity index (χ0) is 16.8. The van der Waals surface area contributed by atoms with Crippen molar-refractivity contribution in [3.05, 3.63) is 12.3 Å². The molecule has 0 aliphatic heterocycles. The number of rotatable bonds is 19. The van der Waals surface area contributed by atoms with Gasteiger partial charge in [0, 0.05) is 13.1 Å². The first kappa shape index (κ1) is 22.5. The van der Waals surface area contributed by atoms with E-state index in [0.717, 1.165) is 6.54 Å². The van der Waals surface area contributed by atoms with Crippen molar-refractivity contribution < 1.29 is 0 Å². The molecule has 0 spiro atoms. The summed E-state index contributed by atoms with van der Waals surface area (Å²) >= 11 is 0. The molecule has 0 fully saturated rings. The van der Waals surface area contributed by atoms with Crippen molar-refractivity contribution in [1.29, 1.82) is 0 Å². The molecule has 2 heteroatoms. The summed E-state index contributed by atoms with van der Waals surface area (Å²) in [7, 11) is 0. The van der Waals surface area contributed by atoms with E-state index in [4.69, 9.17) is 5.73 Å². The summed E-state index contributed by atoms with van der Waals surface area (Å²) in [5.41, 5.74) is 5.41. The summed E-state index contributed by atoms with van der Waals surface area (Å²) in [4.78, 5) is 0. The summed E-state index contributed by atoms with van der Waals surface area (Å²) in [6.07, 6.45) is 27.0. The first-order chi connectivity index (χ1) is 11.4. The predicted molar refractivity (Wildman–Crippen MR) is 106 cm³/mol. The van der Waals surface area contributed by atoms with Gasteiger partial charge in [-0.2, -0.15) is 0 Å². The third kappa shape index (κ3) is 21.5. The van der Waals surface area contributed by atoms with E-state index in [-0.39, 0.29) is 0 Å². The summed E-state index contributed by atoms with van der Waals surface area (Å²) in [5, 5.41) is 3.18. The molecule has 0 radical (unpaired) electrons. The average Bonchev–Trinajstić information content (AvgIpc) is 2.57. The second-order valence-electron chi connectivity index (χ2n) is 6.88. The van der Waals surface area contributed by atoms with Gasteiger partial charge < -0.3 is 11.1 Å². The monoisotopic (exact) mass is 324 g/mol. The van der Waals surface area contributed by atoms with Crippen molar-refractivity contribution in [3.8, 4) is 0 Å². The second-order valence-corrected chi connectivity index (χ2v) is 6.88. The molecule has 0 saturated heterocycles. The van der Waals surface area contributed by atoms with Crippen molar-refractivity contribution in [2.45, 2.75) is 110 Å². The van der Waals surface area contributed by atoms with Gasteiger partial charge in [-0.15, -0.1) is 0 Å². The summed E-state index contributed by atoms with van der Waals surface area (Å²) in [6, 6.07) is 0. The smallest absolute Gasteiger partial charge is 0.0264 e. The zero-order valence-corrected chi connectivity index (χ0v) is 16.0. The first-order valence-electron chi connectivity index (χ1n) is 10.5. The van der Waals surface area contributed by atoms with Gasteiger partial charge in [-0.1, -0.05) is 103 Å². The number of allylic oxidation sites excluding steroid dienone is 1. The molecule has 0 rings (SSSR count). The van der Waals surface area contributed by atoms with Crippen LogP contribution in [0.25, 0.3) is 0 Å². The lowest BCUT2D eigenvalue weighted by Gasteiger charge is -2.03. The normalized spacial score (nSPS) is 11.4. The Hall–Kier alpha value is -0.500. The van der Waals surface area contributed by atoms with E-state index in [1.807, 2.05) is 0 Å². The molecule has 0 heterocycles. The van der Waals surface area contributed by atoms with Crippen molar-refractivity contribution in [2.75, 3.05) is 13.1 Å². The minimum absolute atomic E-state index is 0.712. The molecular formula is C21H44N2. The van der Waals surface area contributed by atoms with Gasteiger partial charge in [0.25, 0.3) is 0 Å². The molecule has 0 amide bonds.